The largest absolute Gasteiger partial charge is 0.444 e. The van der Waals surface area contributed by atoms with Gasteiger partial charge in [-0.1, -0.05) is 5.11 Å². The van der Waals surface area contributed by atoms with Crippen LogP contribution in [0.3, 0.4) is 0 Å². The van der Waals surface area contributed by atoms with Crippen LogP contribution in [0.25, 0.3) is 10.4 Å². The number of carbonyl (C=O) groups excluding carboxylic acids is 1. The predicted molar refractivity (Wildman–Crippen MR) is 118 cm³/mol. The average Bonchev–Trinajstić information content (AvgIpc) is 2.66. The summed E-state index contributed by atoms with van der Waals surface area (Å²) in [4.78, 5) is 18.2. The van der Waals surface area contributed by atoms with Crippen molar-refractivity contribution in [2.24, 2.45) is 11.0 Å². The molecule has 1 aliphatic carbocycles. The smallest absolute Gasteiger partial charge is 0.410 e. The van der Waals surface area contributed by atoms with Crippen molar-refractivity contribution in [3.8, 4) is 0 Å². The van der Waals surface area contributed by atoms with Gasteiger partial charge in [-0.05, 0) is 82.0 Å². The lowest BCUT2D eigenvalue weighted by atomic mass is 9.82. The summed E-state index contributed by atoms with van der Waals surface area (Å²) in [5, 5.41) is 3.81. The van der Waals surface area contributed by atoms with E-state index in [0.717, 1.165) is 4.90 Å². The Hall–Kier alpha value is -1.90. The molecule has 166 valence electrons. The van der Waals surface area contributed by atoms with Crippen molar-refractivity contribution in [3.05, 3.63) is 34.7 Å². The van der Waals surface area contributed by atoms with Gasteiger partial charge in [-0.15, -0.1) is 11.8 Å². The Morgan fingerprint density at radius 2 is 1.93 bits per heavy atom. The highest BCUT2D eigenvalue weighted by molar-refractivity contribution is 7.98. The Morgan fingerprint density at radius 3 is 2.47 bits per heavy atom. The first kappa shape index (κ1) is 24.4. The van der Waals surface area contributed by atoms with Crippen LogP contribution in [0.4, 0.5) is 4.79 Å². The molecule has 1 aliphatic rings. The zero-order valence-corrected chi connectivity index (χ0v) is 19.7. The molecule has 8 nitrogen and oxygen atoms in total. The topological polar surface area (TPSA) is 112 Å². The summed E-state index contributed by atoms with van der Waals surface area (Å²) < 4.78 is 31.6. The molecule has 10 heteroatoms. The first-order valence-corrected chi connectivity index (χ1v) is 12.7. The van der Waals surface area contributed by atoms with E-state index in [9.17, 15) is 13.2 Å². The summed E-state index contributed by atoms with van der Waals surface area (Å²) in [6, 6.07) is 6.20. The van der Waals surface area contributed by atoms with Crippen LogP contribution in [0.15, 0.2) is 39.2 Å². The molecule has 3 atom stereocenters. The first-order valence-electron chi connectivity index (χ1n) is 9.83. The molecule has 1 fully saturated rings. The van der Waals surface area contributed by atoms with Crippen LogP contribution in [0.5, 0.6) is 0 Å². The molecule has 0 radical (unpaired) electrons. The first-order chi connectivity index (χ1) is 14.0. The number of rotatable bonds is 6. The quantitative estimate of drug-likeness (QED) is 0.263. The highest BCUT2D eigenvalue weighted by Crippen LogP contribution is 2.33. The van der Waals surface area contributed by atoms with Crippen LogP contribution in [-0.4, -0.2) is 56.2 Å². The minimum atomic E-state index is -3.57. The summed E-state index contributed by atoms with van der Waals surface area (Å²) in [6.45, 7) is 5.37. The third-order valence-corrected chi connectivity index (χ3v) is 7.76. The van der Waals surface area contributed by atoms with Gasteiger partial charge >= 0.3 is 6.09 Å². The summed E-state index contributed by atoms with van der Waals surface area (Å²) in [7, 11) is -1.93. The van der Waals surface area contributed by atoms with E-state index in [1.807, 2.05) is 6.26 Å². The molecule has 0 aromatic heterocycles. The maximum atomic E-state index is 13.1. The molecule has 0 spiro atoms. The van der Waals surface area contributed by atoms with Crippen molar-refractivity contribution >= 4 is 27.7 Å². The number of thioether (sulfide) groups is 1. The van der Waals surface area contributed by atoms with Crippen molar-refractivity contribution in [2.75, 3.05) is 19.1 Å². The molecule has 1 aromatic rings. The molecule has 1 saturated carbocycles. The molecular weight excluding hydrogens is 424 g/mol. The molecule has 0 saturated heterocycles. The van der Waals surface area contributed by atoms with Gasteiger partial charge in [0.1, 0.15) is 5.60 Å². The van der Waals surface area contributed by atoms with Gasteiger partial charge in [-0.2, -0.15) is 0 Å². The van der Waals surface area contributed by atoms with Crippen LogP contribution in [0.2, 0.25) is 0 Å². The summed E-state index contributed by atoms with van der Waals surface area (Å²) in [5.41, 5.74) is 8.16. The van der Waals surface area contributed by atoms with Crippen LogP contribution >= 0.6 is 11.8 Å². The molecule has 0 unspecified atom stereocenters. The van der Waals surface area contributed by atoms with Gasteiger partial charge < -0.3 is 9.64 Å². The van der Waals surface area contributed by atoms with Gasteiger partial charge in [0, 0.05) is 28.9 Å². The number of amides is 1. The van der Waals surface area contributed by atoms with Crippen LogP contribution in [0, 0.1) is 5.92 Å². The highest BCUT2D eigenvalue weighted by atomic mass is 32.2. The molecule has 0 bridgehead atoms. The third kappa shape index (κ3) is 6.55. The highest BCUT2D eigenvalue weighted by Gasteiger charge is 2.38. The molecule has 0 aliphatic heterocycles. The van der Waals surface area contributed by atoms with Crippen LogP contribution < -0.4 is 0 Å². The number of sulfone groups is 1. The number of hydrogen-bond donors (Lipinski definition) is 0. The Balaban J connectivity index is 2.26. The van der Waals surface area contributed by atoms with Crippen LogP contribution in [0.1, 0.15) is 40.0 Å². The van der Waals surface area contributed by atoms with E-state index in [1.54, 1.807) is 63.8 Å². The Labute approximate surface area is 182 Å². The van der Waals surface area contributed by atoms with Crippen molar-refractivity contribution in [2.45, 2.75) is 67.5 Å². The van der Waals surface area contributed by atoms with E-state index < -0.39 is 21.5 Å². The number of nitrogens with zero attached hydrogens (tertiary/aromatic N) is 4. The maximum absolute atomic E-state index is 13.1. The molecule has 1 amide bonds. The Kier molecular flexibility index (Phi) is 8.07. The fraction of sp³-hybridized carbons (Fsp3) is 0.650. The predicted octanol–water partition coefficient (Wildman–Crippen LogP) is 4.90. The second-order valence-electron chi connectivity index (χ2n) is 8.55. The van der Waals surface area contributed by atoms with Crippen molar-refractivity contribution in [1.29, 1.82) is 0 Å². The number of carbonyl (C=O) groups is 1. The lowest BCUT2D eigenvalue weighted by Crippen LogP contribution is -2.49. The summed E-state index contributed by atoms with van der Waals surface area (Å²) in [6.07, 6.45) is 3.00. The van der Waals surface area contributed by atoms with Gasteiger partial charge in [0.2, 0.25) is 0 Å². The minimum Gasteiger partial charge on any atom is -0.444 e. The number of azide groups is 1. The zero-order chi connectivity index (χ0) is 22.5. The van der Waals surface area contributed by atoms with E-state index >= 15 is 0 Å². The van der Waals surface area contributed by atoms with Gasteiger partial charge in [0.25, 0.3) is 0 Å². The molecule has 30 heavy (non-hydrogen) atoms. The van der Waals surface area contributed by atoms with E-state index in [0.29, 0.717) is 19.3 Å². The maximum Gasteiger partial charge on any atom is 0.410 e. The SMILES string of the molecule is CSc1ccc(S(=O)(=O)C[C@H]2C[C@@H](N=[N+]=[N-])CC[C@@H]2N(C)C(=O)OC(C)(C)C)cc1. The number of ether oxygens (including phenoxy) is 1. The minimum absolute atomic E-state index is 0.124. The van der Waals surface area contributed by atoms with Gasteiger partial charge in [0.15, 0.2) is 9.84 Å². The van der Waals surface area contributed by atoms with Crippen LogP contribution in [-0.2, 0) is 14.6 Å². The van der Waals surface area contributed by atoms with E-state index in [1.165, 1.54) is 4.90 Å². The monoisotopic (exact) mass is 454 g/mol. The molecule has 2 rings (SSSR count). The summed E-state index contributed by atoms with van der Waals surface area (Å²) >= 11 is 1.54. The van der Waals surface area contributed by atoms with Gasteiger partial charge in [0.05, 0.1) is 10.6 Å². The van der Waals surface area contributed by atoms with Crippen molar-refractivity contribution < 1.29 is 17.9 Å². The van der Waals surface area contributed by atoms with Crippen molar-refractivity contribution in [1.82, 2.24) is 4.90 Å². The number of benzene rings is 1. The fourth-order valence-corrected chi connectivity index (χ4v) is 5.79. The molecule has 0 N–H and O–H groups in total. The standard InChI is InChI=1S/C20H30N4O4S2/c1-20(2,3)28-19(25)24(4)18-11-6-15(22-23-21)12-14(18)13-30(26,27)17-9-7-16(29-5)8-10-17/h7-10,14-15,18H,6,11-13H2,1-5H3/t14-,15+,18+/m1/s1. The molecular formula is C20H30N4O4S2. The Morgan fingerprint density at radius 1 is 1.30 bits per heavy atom. The van der Waals surface area contributed by atoms with Gasteiger partial charge in [-0.25, -0.2) is 13.2 Å². The lowest BCUT2D eigenvalue weighted by Gasteiger charge is -2.40. The Bertz CT molecular complexity index is 890. The second-order valence-corrected chi connectivity index (χ2v) is 11.5. The normalized spacial score (nSPS) is 22.1. The lowest BCUT2D eigenvalue weighted by molar-refractivity contribution is 0.0121. The number of hydrogen-bond acceptors (Lipinski definition) is 6. The molecule has 0 heterocycles. The fourth-order valence-electron chi connectivity index (χ4n) is 3.72. The van der Waals surface area contributed by atoms with E-state index in [4.69, 9.17) is 10.3 Å². The van der Waals surface area contributed by atoms with Gasteiger partial charge in [-0.3, -0.25) is 0 Å². The third-order valence-electron chi connectivity index (χ3n) is 5.16. The zero-order valence-electron chi connectivity index (χ0n) is 18.1. The summed E-state index contributed by atoms with van der Waals surface area (Å²) in [5.74, 6) is -0.488. The van der Waals surface area contributed by atoms with E-state index in [2.05, 4.69) is 10.0 Å². The molecule has 1 aromatic carbocycles. The second kappa shape index (κ2) is 9.94. The average molecular weight is 455 g/mol. The van der Waals surface area contributed by atoms with E-state index in [-0.39, 0.29) is 28.6 Å². The van der Waals surface area contributed by atoms with Crippen molar-refractivity contribution in [3.63, 3.8) is 0 Å².